The summed E-state index contributed by atoms with van der Waals surface area (Å²) in [7, 11) is 0. The van der Waals surface area contributed by atoms with Crippen LogP contribution in [0.3, 0.4) is 0 Å². The lowest BCUT2D eigenvalue weighted by Crippen LogP contribution is -2.03. The van der Waals surface area contributed by atoms with Crippen LogP contribution in [0.25, 0.3) is 0 Å². The number of hydrogen-bond donors (Lipinski definition) is 1. The minimum absolute atomic E-state index is 0.120. The van der Waals surface area contributed by atoms with Crippen LogP contribution < -0.4 is 5.73 Å². The first-order chi connectivity index (χ1) is 5.68. The van der Waals surface area contributed by atoms with Crippen molar-refractivity contribution in [2.45, 2.75) is 0 Å². The Morgan fingerprint density at radius 2 is 2.33 bits per heavy atom. The van der Waals surface area contributed by atoms with E-state index in [1.165, 1.54) is 0 Å². The zero-order valence-corrected chi connectivity index (χ0v) is 7.77. The van der Waals surface area contributed by atoms with Crippen LogP contribution in [-0.2, 0) is 0 Å². The summed E-state index contributed by atoms with van der Waals surface area (Å²) in [4.78, 5) is 3.76. The van der Waals surface area contributed by atoms with Gasteiger partial charge >= 0.3 is 0 Å². The summed E-state index contributed by atoms with van der Waals surface area (Å²) in [5.74, 6) is 0. The van der Waals surface area contributed by atoms with Crippen molar-refractivity contribution in [2.75, 3.05) is 0 Å². The first-order valence-electron chi connectivity index (χ1n) is 3.27. The highest BCUT2D eigenvalue weighted by molar-refractivity contribution is 7.80. The van der Waals surface area contributed by atoms with Crippen molar-refractivity contribution >= 4 is 35.1 Å². The zero-order chi connectivity index (χ0) is 8.97. The summed E-state index contributed by atoms with van der Waals surface area (Å²) in [6.07, 6.45) is 1.58. The molecule has 12 heavy (non-hydrogen) atoms. The Kier molecular flexibility index (Phi) is 3.19. The molecule has 0 aliphatic rings. The van der Waals surface area contributed by atoms with Crippen molar-refractivity contribution in [3.05, 3.63) is 34.9 Å². The molecular weight excluding hydrogens is 192 g/mol. The predicted octanol–water partition coefficient (Wildman–Crippen LogP) is 2.00. The molecule has 1 aromatic carbocycles. The van der Waals surface area contributed by atoms with Gasteiger partial charge in [-0.1, -0.05) is 23.7 Å². The van der Waals surface area contributed by atoms with E-state index in [0.29, 0.717) is 5.02 Å². The molecule has 0 aliphatic carbocycles. The van der Waals surface area contributed by atoms with Crippen LogP contribution in [0.5, 0.6) is 0 Å². The molecule has 4 heteroatoms. The third-order valence-corrected chi connectivity index (χ3v) is 1.53. The molecule has 0 amide bonds. The molecule has 0 saturated carbocycles. The maximum Gasteiger partial charge on any atom is 0.190 e. The summed E-state index contributed by atoms with van der Waals surface area (Å²) in [5, 5.41) is 0.789. The van der Waals surface area contributed by atoms with Crippen molar-refractivity contribution in [3.63, 3.8) is 0 Å². The molecule has 0 atom stereocenters. The third kappa shape index (κ3) is 2.98. The highest BCUT2D eigenvalue weighted by Gasteiger charge is 1.88. The van der Waals surface area contributed by atoms with E-state index in [4.69, 9.17) is 17.3 Å². The van der Waals surface area contributed by atoms with Gasteiger partial charge in [0.15, 0.2) is 5.11 Å². The molecule has 1 aromatic rings. The fourth-order valence-corrected chi connectivity index (χ4v) is 0.976. The number of aliphatic imine (C=N–C) groups is 1. The Morgan fingerprint density at radius 3 is 2.92 bits per heavy atom. The summed E-state index contributed by atoms with van der Waals surface area (Å²) in [5.41, 5.74) is 6.06. The second-order valence-electron chi connectivity index (χ2n) is 2.15. The second kappa shape index (κ2) is 4.18. The third-order valence-electron chi connectivity index (χ3n) is 1.19. The number of benzene rings is 1. The van der Waals surface area contributed by atoms with Crippen molar-refractivity contribution in [2.24, 2.45) is 10.7 Å². The van der Waals surface area contributed by atoms with Crippen molar-refractivity contribution in [1.29, 1.82) is 0 Å². The Balaban J connectivity index is 2.83. The minimum Gasteiger partial charge on any atom is -0.374 e. The molecule has 2 N–H and O–H groups in total. The Bertz CT molecular complexity index is 323. The first-order valence-corrected chi connectivity index (χ1v) is 4.06. The molecular formula is C8H7ClN2S. The van der Waals surface area contributed by atoms with Crippen LogP contribution in [0.1, 0.15) is 5.56 Å². The molecule has 0 radical (unpaired) electrons. The quantitative estimate of drug-likeness (QED) is 0.554. The second-order valence-corrected chi connectivity index (χ2v) is 3.01. The lowest BCUT2D eigenvalue weighted by molar-refractivity contribution is 1.60. The van der Waals surface area contributed by atoms with Crippen molar-refractivity contribution in [1.82, 2.24) is 0 Å². The van der Waals surface area contributed by atoms with Gasteiger partial charge < -0.3 is 5.73 Å². The molecule has 0 saturated heterocycles. The predicted molar refractivity (Wildman–Crippen MR) is 55.8 cm³/mol. The normalized spacial score (nSPS) is 10.4. The number of nitrogens with zero attached hydrogens (tertiary/aromatic N) is 1. The monoisotopic (exact) mass is 198 g/mol. The molecule has 0 bridgehead atoms. The van der Waals surface area contributed by atoms with Gasteiger partial charge in [0, 0.05) is 11.2 Å². The smallest absolute Gasteiger partial charge is 0.190 e. The van der Waals surface area contributed by atoms with E-state index in [-0.39, 0.29) is 5.11 Å². The Hall–Kier alpha value is -0.930. The van der Waals surface area contributed by atoms with Gasteiger partial charge in [0.05, 0.1) is 0 Å². The van der Waals surface area contributed by atoms with Crippen molar-refractivity contribution in [3.8, 4) is 0 Å². The zero-order valence-electron chi connectivity index (χ0n) is 6.20. The van der Waals surface area contributed by atoms with Crippen LogP contribution in [0.4, 0.5) is 0 Å². The van der Waals surface area contributed by atoms with Gasteiger partial charge in [-0.2, -0.15) is 0 Å². The number of thiocarbonyl (C=S) groups is 1. The summed E-state index contributed by atoms with van der Waals surface area (Å²) < 4.78 is 0. The molecule has 0 heterocycles. The van der Waals surface area contributed by atoms with Gasteiger partial charge in [-0.3, -0.25) is 0 Å². The molecule has 2 nitrogen and oxygen atoms in total. The van der Waals surface area contributed by atoms with E-state index in [1.54, 1.807) is 18.3 Å². The van der Waals surface area contributed by atoms with Crippen LogP contribution in [0.2, 0.25) is 5.02 Å². The van der Waals surface area contributed by atoms with E-state index in [0.717, 1.165) is 5.56 Å². The van der Waals surface area contributed by atoms with Crippen LogP contribution >= 0.6 is 23.8 Å². The highest BCUT2D eigenvalue weighted by Crippen LogP contribution is 2.08. The summed E-state index contributed by atoms with van der Waals surface area (Å²) >= 11 is 10.3. The molecule has 0 spiro atoms. The molecule has 0 fully saturated rings. The average molecular weight is 199 g/mol. The fraction of sp³-hybridized carbons (Fsp3) is 0. The standard InChI is InChI=1S/C8H7ClN2S/c9-7-3-1-2-6(4-7)5-11-8(10)12/h1-5H,(H2,10,12). The molecule has 0 aromatic heterocycles. The highest BCUT2D eigenvalue weighted by atomic mass is 35.5. The van der Waals surface area contributed by atoms with Gasteiger partial charge in [-0.15, -0.1) is 0 Å². The van der Waals surface area contributed by atoms with E-state index in [1.807, 2.05) is 12.1 Å². The molecule has 62 valence electrons. The average Bonchev–Trinajstić information content (AvgIpc) is 2.01. The fourth-order valence-electron chi connectivity index (χ4n) is 0.725. The number of halogens is 1. The van der Waals surface area contributed by atoms with Crippen LogP contribution in [-0.4, -0.2) is 11.3 Å². The number of nitrogens with two attached hydrogens (primary N) is 1. The van der Waals surface area contributed by atoms with Gasteiger partial charge in [0.25, 0.3) is 0 Å². The van der Waals surface area contributed by atoms with E-state index < -0.39 is 0 Å². The number of hydrogen-bond acceptors (Lipinski definition) is 1. The number of rotatable bonds is 1. The Labute approximate surface area is 81.1 Å². The molecule has 0 unspecified atom stereocenters. The lowest BCUT2D eigenvalue weighted by atomic mass is 10.2. The SMILES string of the molecule is NC(=S)N=Cc1cccc(Cl)c1. The van der Waals surface area contributed by atoms with Gasteiger partial charge in [-0.25, -0.2) is 4.99 Å². The lowest BCUT2D eigenvalue weighted by Gasteiger charge is -1.92. The van der Waals surface area contributed by atoms with Gasteiger partial charge in [0.1, 0.15) is 0 Å². The van der Waals surface area contributed by atoms with E-state index in [2.05, 4.69) is 17.2 Å². The molecule has 0 aliphatic heterocycles. The van der Waals surface area contributed by atoms with Crippen LogP contribution in [0.15, 0.2) is 29.3 Å². The van der Waals surface area contributed by atoms with E-state index in [9.17, 15) is 0 Å². The maximum absolute atomic E-state index is 5.73. The summed E-state index contributed by atoms with van der Waals surface area (Å²) in [6, 6.07) is 7.28. The largest absolute Gasteiger partial charge is 0.374 e. The Morgan fingerprint density at radius 1 is 1.58 bits per heavy atom. The molecule has 1 rings (SSSR count). The van der Waals surface area contributed by atoms with Gasteiger partial charge in [0.2, 0.25) is 0 Å². The maximum atomic E-state index is 5.73. The van der Waals surface area contributed by atoms with E-state index >= 15 is 0 Å². The first kappa shape index (κ1) is 9.16. The summed E-state index contributed by atoms with van der Waals surface area (Å²) in [6.45, 7) is 0. The van der Waals surface area contributed by atoms with Crippen molar-refractivity contribution < 1.29 is 0 Å². The van der Waals surface area contributed by atoms with Crippen LogP contribution in [0, 0.1) is 0 Å². The van der Waals surface area contributed by atoms with Gasteiger partial charge in [-0.05, 0) is 29.9 Å². The minimum atomic E-state index is 0.120. The topological polar surface area (TPSA) is 38.4 Å².